The van der Waals surface area contributed by atoms with Crippen LogP contribution >= 0.6 is 15.9 Å². The number of rotatable bonds is 4. The van der Waals surface area contributed by atoms with Crippen LogP contribution in [0.3, 0.4) is 0 Å². The van der Waals surface area contributed by atoms with E-state index in [-0.39, 0.29) is 5.56 Å². The van der Waals surface area contributed by atoms with Crippen molar-refractivity contribution in [2.45, 2.75) is 52.1 Å². The smallest absolute Gasteiger partial charge is 0.283 e. The molecule has 1 N–H and O–H groups in total. The van der Waals surface area contributed by atoms with E-state index >= 15 is 0 Å². The molecule has 3 atom stereocenters. The first-order chi connectivity index (χ1) is 9.56. The molecule has 0 saturated heterocycles. The Labute approximate surface area is 128 Å². The molecule has 2 aliphatic rings. The quantitative estimate of drug-likeness (QED) is 0.915. The van der Waals surface area contributed by atoms with Crippen LogP contribution in [0.25, 0.3) is 0 Å². The molecule has 1 heterocycles. The SMILES string of the molecule is CC1CCC(Nc2cnn(CC3CC3)c(=O)c2Br)C1C. The zero-order valence-corrected chi connectivity index (χ0v) is 13.7. The fourth-order valence-corrected chi connectivity index (χ4v) is 3.43. The highest BCUT2D eigenvalue weighted by Crippen LogP contribution is 2.34. The number of aromatic nitrogens is 2. The van der Waals surface area contributed by atoms with Crippen LogP contribution in [0.15, 0.2) is 15.5 Å². The van der Waals surface area contributed by atoms with Gasteiger partial charge in [-0.05, 0) is 59.4 Å². The van der Waals surface area contributed by atoms with Gasteiger partial charge in [0.15, 0.2) is 0 Å². The normalized spacial score (nSPS) is 29.6. The summed E-state index contributed by atoms with van der Waals surface area (Å²) in [5.41, 5.74) is 0.827. The first-order valence-electron chi connectivity index (χ1n) is 7.58. The molecule has 3 unspecified atom stereocenters. The molecule has 20 heavy (non-hydrogen) atoms. The predicted molar refractivity (Wildman–Crippen MR) is 83.9 cm³/mol. The summed E-state index contributed by atoms with van der Waals surface area (Å²) in [6, 6.07) is 0.446. The van der Waals surface area contributed by atoms with Crippen molar-refractivity contribution in [3.8, 4) is 0 Å². The lowest BCUT2D eigenvalue weighted by molar-refractivity contribution is 0.435. The standard InChI is InChI=1S/C15H22BrN3O/c1-9-3-6-12(10(9)2)18-13-7-17-19(8-11-4-5-11)15(20)14(13)16/h7,9-12,18H,3-6,8H2,1-2H3. The van der Waals surface area contributed by atoms with E-state index in [1.54, 1.807) is 10.9 Å². The Balaban J connectivity index is 1.76. The zero-order chi connectivity index (χ0) is 14.3. The number of hydrogen-bond donors (Lipinski definition) is 1. The summed E-state index contributed by atoms with van der Waals surface area (Å²) >= 11 is 3.45. The Bertz CT molecular complexity index is 553. The van der Waals surface area contributed by atoms with Crippen molar-refractivity contribution in [2.75, 3.05) is 5.32 Å². The maximum atomic E-state index is 12.3. The summed E-state index contributed by atoms with van der Waals surface area (Å²) < 4.78 is 2.22. The minimum Gasteiger partial charge on any atom is -0.380 e. The van der Waals surface area contributed by atoms with Crippen molar-refractivity contribution in [3.05, 3.63) is 21.0 Å². The number of nitrogens with zero attached hydrogens (tertiary/aromatic N) is 2. The molecular weight excluding hydrogens is 318 g/mol. The predicted octanol–water partition coefficient (Wildman–Crippen LogP) is 3.26. The number of halogens is 1. The van der Waals surface area contributed by atoms with Gasteiger partial charge in [0, 0.05) is 12.6 Å². The fourth-order valence-electron chi connectivity index (χ4n) is 3.01. The molecule has 0 aromatic carbocycles. The van der Waals surface area contributed by atoms with E-state index in [1.165, 1.54) is 25.7 Å². The largest absolute Gasteiger partial charge is 0.380 e. The summed E-state index contributed by atoms with van der Waals surface area (Å²) in [6.45, 7) is 5.34. The summed E-state index contributed by atoms with van der Waals surface area (Å²) in [7, 11) is 0. The average molecular weight is 340 g/mol. The average Bonchev–Trinajstić information content (AvgIpc) is 3.19. The van der Waals surface area contributed by atoms with Gasteiger partial charge < -0.3 is 5.32 Å². The van der Waals surface area contributed by atoms with Gasteiger partial charge in [0.05, 0.1) is 11.9 Å². The first-order valence-corrected chi connectivity index (χ1v) is 8.37. The minimum atomic E-state index is -0.0133. The monoisotopic (exact) mass is 339 g/mol. The first kappa shape index (κ1) is 14.1. The highest BCUT2D eigenvalue weighted by Gasteiger charge is 2.30. The molecule has 2 aliphatic carbocycles. The lowest BCUT2D eigenvalue weighted by Gasteiger charge is -2.21. The summed E-state index contributed by atoms with van der Waals surface area (Å²) in [5.74, 6) is 2.03. The molecule has 2 saturated carbocycles. The second-order valence-corrected chi connectivity index (χ2v) is 7.26. The van der Waals surface area contributed by atoms with Crippen molar-refractivity contribution in [1.29, 1.82) is 0 Å². The molecular formula is C15H22BrN3O. The topological polar surface area (TPSA) is 46.9 Å². The number of hydrogen-bond acceptors (Lipinski definition) is 3. The van der Waals surface area contributed by atoms with Gasteiger partial charge in [-0.3, -0.25) is 4.79 Å². The summed E-state index contributed by atoms with van der Waals surface area (Å²) in [5, 5.41) is 7.82. The number of anilines is 1. The molecule has 5 heteroatoms. The van der Waals surface area contributed by atoms with E-state index in [0.717, 1.165) is 18.2 Å². The van der Waals surface area contributed by atoms with Crippen LogP contribution in [0.2, 0.25) is 0 Å². The van der Waals surface area contributed by atoms with Crippen LogP contribution in [-0.2, 0) is 6.54 Å². The third-order valence-electron chi connectivity index (χ3n) is 4.92. The van der Waals surface area contributed by atoms with Crippen molar-refractivity contribution in [1.82, 2.24) is 9.78 Å². The number of nitrogens with one attached hydrogen (secondary N) is 1. The highest BCUT2D eigenvalue weighted by atomic mass is 79.9. The highest BCUT2D eigenvalue weighted by molar-refractivity contribution is 9.10. The van der Waals surface area contributed by atoms with Gasteiger partial charge in [-0.15, -0.1) is 0 Å². The molecule has 0 amide bonds. The van der Waals surface area contributed by atoms with Crippen molar-refractivity contribution < 1.29 is 0 Å². The van der Waals surface area contributed by atoms with Crippen LogP contribution < -0.4 is 10.9 Å². The van der Waals surface area contributed by atoms with Crippen molar-refractivity contribution in [3.63, 3.8) is 0 Å². The molecule has 4 nitrogen and oxygen atoms in total. The van der Waals surface area contributed by atoms with E-state index in [9.17, 15) is 4.79 Å². The van der Waals surface area contributed by atoms with Gasteiger partial charge in [0.1, 0.15) is 4.47 Å². The van der Waals surface area contributed by atoms with Gasteiger partial charge in [-0.25, -0.2) is 4.68 Å². The van der Waals surface area contributed by atoms with Crippen molar-refractivity contribution in [2.24, 2.45) is 17.8 Å². The van der Waals surface area contributed by atoms with E-state index in [2.05, 4.69) is 40.2 Å². The maximum Gasteiger partial charge on any atom is 0.283 e. The third kappa shape index (κ3) is 2.78. The minimum absolute atomic E-state index is 0.0133. The van der Waals surface area contributed by atoms with E-state index in [0.29, 0.717) is 22.4 Å². The van der Waals surface area contributed by atoms with Gasteiger partial charge in [0.2, 0.25) is 0 Å². The molecule has 2 fully saturated rings. The Hall–Kier alpha value is -0.840. The van der Waals surface area contributed by atoms with Gasteiger partial charge >= 0.3 is 0 Å². The molecule has 0 radical (unpaired) electrons. The van der Waals surface area contributed by atoms with Crippen LogP contribution in [0.5, 0.6) is 0 Å². The van der Waals surface area contributed by atoms with Gasteiger partial charge in [-0.2, -0.15) is 5.10 Å². The van der Waals surface area contributed by atoms with Crippen molar-refractivity contribution >= 4 is 21.6 Å². The van der Waals surface area contributed by atoms with Crippen LogP contribution in [0, 0.1) is 17.8 Å². The van der Waals surface area contributed by atoms with Gasteiger partial charge in [0.25, 0.3) is 5.56 Å². The Morgan fingerprint density at radius 2 is 2.10 bits per heavy atom. The molecule has 1 aromatic heterocycles. The molecule has 0 spiro atoms. The molecule has 1 aromatic rings. The third-order valence-corrected chi connectivity index (χ3v) is 5.69. The van der Waals surface area contributed by atoms with E-state index in [1.807, 2.05) is 0 Å². The molecule has 0 aliphatic heterocycles. The zero-order valence-electron chi connectivity index (χ0n) is 12.1. The molecule has 3 rings (SSSR count). The van der Waals surface area contributed by atoms with Gasteiger partial charge in [-0.1, -0.05) is 13.8 Å². The van der Waals surface area contributed by atoms with Crippen LogP contribution in [-0.4, -0.2) is 15.8 Å². The Kier molecular flexibility index (Phi) is 3.89. The summed E-state index contributed by atoms with van der Waals surface area (Å²) in [4.78, 5) is 12.3. The lowest BCUT2D eigenvalue weighted by Crippen LogP contribution is -2.29. The maximum absolute atomic E-state index is 12.3. The summed E-state index contributed by atoms with van der Waals surface area (Å²) in [6.07, 6.45) is 6.67. The molecule has 0 bridgehead atoms. The van der Waals surface area contributed by atoms with Crippen LogP contribution in [0.1, 0.15) is 39.5 Å². The second-order valence-electron chi connectivity index (χ2n) is 6.47. The Morgan fingerprint density at radius 1 is 1.35 bits per heavy atom. The van der Waals surface area contributed by atoms with Crippen LogP contribution in [0.4, 0.5) is 5.69 Å². The second kappa shape index (κ2) is 5.51. The lowest BCUT2D eigenvalue weighted by atomic mass is 9.98. The molecule has 110 valence electrons. The Morgan fingerprint density at radius 3 is 2.70 bits per heavy atom. The van der Waals surface area contributed by atoms with E-state index in [4.69, 9.17) is 0 Å². The fraction of sp³-hybridized carbons (Fsp3) is 0.733. The van der Waals surface area contributed by atoms with E-state index < -0.39 is 0 Å².